The lowest BCUT2D eigenvalue weighted by atomic mass is 10.1. The van der Waals surface area contributed by atoms with Gasteiger partial charge in [0.1, 0.15) is 5.75 Å². The van der Waals surface area contributed by atoms with Crippen LogP contribution in [0.25, 0.3) is 0 Å². The number of esters is 1. The van der Waals surface area contributed by atoms with Crippen LogP contribution < -0.4 is 10.1 Å². The zero-order valence-corrected chi connectivity index (χ0v) is 16.1. The summed E-state index contributed by atoms with van der Waals surface area (Å²) in [5, 5.41) is 3.73. The van der Waals surface area contributed by atoms with Gasteiger partial charge in [-0.05, 0) is 55.8 Å². The van der Waals surface area contributed by atoms with Gasteiger partial charge >= 0.3 is 5.97 Å². The normalized spacial score (nSPS) is 12.8. The Morgan fingerprint density at radius 2 is 1.69 bits per heavy atom. The maximum Gasteiger partial charge on any atom is 0.338 e. The predicted octanol–water partition coefficient (Wildman–Crippen LogP) is 4.42. The van der Waals surface area contributed by atoms with E-state index in [1.165, 1.54) is 14.0 Å². The van der Waals surface area contributed by atoms with Crippen molar-refractivity contribution in [1.82, 2.24) is 5.32 Å². The molecule has 0 saturated heterocycles. The second-order valence-electron chi connectivity index (χ2n) is 5.67. The number of hydrogen-bond acceptors (Lipinski definition) is 4. The first-order chi connectivity index (χ1) is 12.3. The highest BCUT2D eigenvalue weighted by Crippen LogP contribution is 2.26. The standard InChI is InChI=1S/C19H19Cl2NO4/c1-11(16-9-6-14(20)10-17(16)21)22-18(23)12(2)26-19(24)13-4-7-15(25-3)8-5-13/h4-12H,1-3H3,(H,22,23)/t11-,12-/m0/s1. The van der Waals surface area contributed by atoms with E-state index < -0.39 is 18.0 Å². The van der Waals surface area contributed by atoms with Crippen molar-refractivity contribution >= 4 is 35.1 Å². The van der Waals surface area contributed by atoms with Gasteiger partial charge in [-0.3, -0.25) is 4.79 Å². The molecule has 0 aliphatic rings. The maximum atomic E-state index is 12.3. The van der Waals surface area contributed by atoms with Crippen molar-refractivity contribution in [2.75, 3.05) is 7.11 Å². The van der Waals surface area contributed by atoms with Crippen LogP contribution >= 0.6 is 23.2 Å². The molecule has 2 aromatic carbocycles. The first-order valence-corrected chi connectivity index (χ1v) is 8.67. The van der Waals surface area contributed by atoms with E-state index in [1.807, 2.05) is 0 Å². The lowest BCUT2D eigenvalue weighted by molar-refractivity contribution is -0.129. The summed E-state index contributed by atoms with van der Waals surface area (Å²) in [6.45, 7) is 3.29. The molecule has 0 aromatic heterocycles. The summed E-state index contributed by atoms with van der Waals surface area (Å²) >= 11 is 12.0. The summed E-state index contributed by atoms with van der Waals surface area (Å²) in [5.74, 6) is -0.390. The Morgan fingerprint density at radius 1 is 1.04 bits per heavy atom. The number of ether oxygens (including phenoxy) is 2. The third-order valence-corrected chi connectivity index (χ3v) is 4.33. The van der Waals surface area contributed by atoms with Gasteiger partial charge in [-0.25, -0.2) is 4.79 Å². The third kappa shape index (κ3) is 5.13. The summed E-state index contributed by atoms with van der Waals surface area (Å²) in [6, 6.07) is 11.1. The average Bonchev–Trinajstić information content (AvgIpc) is 2.61. The summed E-state index contributed by atoms with van der Waals surface area (Å²) < 4.78 is 10.2. The molecule has 1 amide bonds. The van der Waals surface area contributed by atoms with Gasteiger partial charge in [0, 0.05) is 10.0 Å². The molecule has 0 spiro atoms. The molecular weight excluding hydrogens is 377 g/mol. The van der Waals surface area contributed by atoms with Crippen molar-refractivity contribution in [2.24, 2.45) is 0 Å². The molecule has 0 fully saturated rings. The van der Waals surface area contributed by atoms with E-state index in [9.17, 15) is 9.59 Å². The molecule has 26 heavy (non-hydrogen) atoms. The Balaban J connectivity index is 1.96. The van der Waals surface area contributed by atoms with Crippen LogP contribution in [-0.2, 0) is 9.53 Å². The highest BCUT2D eigenvalue weighted by Gasteiger charge is 2.21. The molecule has 2 atom stereocenters. The number of carbonyl (C=O) groups is 2. The summed E-state index contributed by atoms with van der Waals surface area (Å²) in [4.78, 5) is 24.4. The van der Waals surface area contributed by atoms with E-state index in [0.29, 0.717) is 21.4 Å². The zero-order valence-electron chi connectivity index (χ0n) is 14.6. The fraction of sp³-hybridized carbons (Fsp3) is 0.263. The monoisotopic (exact) mass is 395 g/mol. The van der Waals surface area contributed by atoms with E-state index >= 15 is 0 Å². The lowest BCUT2D eigenvalue weighted by Crippen LogP contribution is -2.37. The Kier molecular flexibility index (Phi) is 6.89. The van der Waals surface area contributed by atoms with Gasteiger partial charge in [0.05, 0.1) is 18.7 Å². The largest absolute Gasteiger partial charge is 0.497 e. The molecule has 1 N–H and O–H groups in total. The van der Waals surface area contributed by atoms with Crippen LogP contribution in [0.5, 0.6) is 5.75 Å². The smallest absolute Gasteiger partial charge is 0.338 e. The van der Waals surface area contributed by atoms with E-state index in [4.69, 9.17) is 32.7 Å². The lowest BCUT2D eigenvalue weighted by Gasteiger charge is -2.19. The van der Waals surface area contributed by atoms with Crippen molar-refractivity contribution in [3.8, 4) is 5.75 Å². The van der Waals surface area contributed by atoms with Crippen molar-refractivity contribution in [3.05, 3.63) is 63.6 Å². The van der Waals surface area contributed by atoms with Crippen molar-refractivity contribution < 1.29 is 19.1 Å². The Labute approximate surface area is 162 Å². The highest BCUT2D eigenvalue weighted by atomic mass is 35.5. The van der Waals surface area contributed by atoms with Gasteiger partial charge in [-0.15, -0.1) is 0 Å². The molecule has 0 heterocycles. The molecule has 2 rings (SSSR count). The molecule has 0 aliphatic heterocycles. The van der Waals surface area contributed by atoms with Crippen molar-refractivity contribution in [2.45, 2.75) is 26.0 Å². The number of nitrogens with one attached hydrogen (secondary N) is 1. The Morgan fingerprint density at radius 3 is 2.27 bits per heavy atom. The van der Waals surface area contributed by atoms with E-state index in [1.54, 1.807) is 49.4 Å². The summed E-state index contributed by atoms with van der Waals surface area (Å²) in [7, 11) is 1.54. The van der Waals surface area contributed by atoms with Crippen LogP contribution in [0.4, 0.5) is 0 Å². The molecule has 0 aliphatic carbocycles. The number of benzene rings is 2. The van der Waals surface area contributed by atoms with Crippen LogP contribution in [-0.4, -0.2) is 25.1 Å². The second kappa shape index (κ2) is 8.92. The Bertz CT molecular complexity index is 793. The molecule has 7 heteroatoms. The number of rotatable bonds is 6. The van der Waals surface area contributed by atoms with Crippen LogP contribution in [0.3, 0.4) is 0 Å². The second-order valence-corrected chi connectivity index (χ2v) is 6.52. The molecule has 138 valence electrons. The van der Waals surface area contributed by atoms with Gasteiger partial charge in [0.2, 0.25) is 0 Å². The summed E-state index contributed by atoms with van der Waals surface area (Å²) in [5.41, 5.74) is 1.05. The predicted molar refractivity (Wildman–Crippen MR) is 101 cm³/mol. The Hall–Kier alpha value is -2.24. The minimum atomic E-state index is -0.960. The van der Waals surface area contributed by atoms with Crippen LogP contribution in [0.15, 0.2) is 42.5 Å². The van der Waals surface area contributed by atoms with Gasteiger partial charge in [0.25, 0.3) is 5.91 Å². The van der Waals surface area contributed by atoms with Gasteiger partial charge < -0.3 is 14.8 Å². The molecule has 0 unspecified atom stereocenters. The maximum absolute atomic E-state index is 12.3. The fourth-order valence-electron chi connectivity index (χ4n) is 2.27. The topological polar surface area (TPSA) is 64.6 Å². The van der Waals surface area contributed by atoms with Gasteiger partial charge in [0.15, 0.2) is 6.10 Å². The van der Waals surface area contributed by atoms with Crippen molar-refractivity contribution in [1.29, 1.82) is 0 Å². The zero-order chi connectivity index (χ0) is 19.3. The van der Waals surface area contributed by atoms with Crippen LogP contribution in [0.2, 0.25) is 10.0 Å². The minimum absolute atomic E-state index is 0.333. The molecule has 0 saturated carbocycles. The van der Waals surface area contributed by atoms with E-state index in [0.717, 1.165) is 5.56 Å². The van der Waals surface area contributed by atoms with Gasteiger partial charge in [-0.2, -0.15) is 0 Å². The number of hydrogen-bond donors (Lipinski definition) is 1. The molecular formula is C19H19Cl2NO4. The third-order valence-electron chi connectivity index (χ3n) is 3.77. The average molecular weight is 396 g/mol. The number of carbonyl (C=O) groups excluding carboxylic acids is 2. The van der Waals surface area contributed by atoms with E-state index in [-0.39, 0.29) is 6.04 Å². The first kappa shape index (κ1) is 20.1. The molecule has 0 bridgehead atoms. The van der Waals surface area contributed by atoms with E-state index in [2.05, 4.69) is 5.32 Å². The first-order valence-electron chi connectivity index (χ1n) is 7.92. The van der Waals surface area contributed by atoms with Crippen molar-refractivity contribution in [3.63, 3.8) is 0 Å². The van der Waals surface area contributed by atoms with Gasteiger partial charge in [-0.1, -0.05) is 29.3 Å². The number of methoxy groups -OCH3 is 1. The van der Waals surface area contributed by atoms with Crippen LogP contribution in [0.1, 0.15) is 35.8 Å². The van der Waals surface area contributed by atoms with Crippen LogP contribution in [0, 0.1) is 0 Å². The number of halogens is 2. The summed E-state index contributed by atoms with van der Waals surface area (Å²) in [6.07, 6.45) is -0.960. The molecule has 5 nitrogen and oxygen atoms in total. The number of amides is 1. The SMILES string of the molecule is COc1ccc(C(=O)O[C@@H](C)C(=O)N[C@@H](C)c2ccc(Cl)cc2Cl)cc1. The molecule has 2 aromatic rings. The fourth-order valence-corrected chi connectivity index (χ4v) is 2.84. The quantitative estimate of drug-likeness (QED) is 0.734. The molecule has 0 radical (unpaired) electrons. The highest BCUT2D eigenvalue weighted by molar-refractivity contribution is 6.35. The minimum Gasteiger partial charge on any atom is -0.497 e.